The average molecular weight is 558 g/mol. The van der Waals surface area contributed by atoms with Gasteiger partial charge < -0.3 is 46.1 Å². The van der Waals surface area contributed by atoms with Crippen molar-refractivity contribution in [2.24, 2.45) is 0 Å². The number of carboxylic acid groups (broad SMARTS) is 1. The van der Waals surface area contributed by atoms with Crippen molar-refractivity contribution >= 4 is 41.7 Å². The van der Waals surface area contributed by atoms with Gasteiger partial charge in [0.25, 0.3) is 11.8 Å². The number of carboxylic acids is 1. The van der Waals surface area contributed by atoms with Gasteiger partial charge in [-0.25, -0.2) is 4.79 Å². The summed E-state index contributed by atoms with van der Waals surface area (Å²) in [5.41, 5.74) is 5.18. The molecule has 1 unspecified atom stereocenters. The van der Waals surface area contributed by atoms with E-state index in [2.05, 4.69) is 21.4 Å². The van der Waals surface area contributed by atoms with E-state index in [0.717, 1.165) is 11.8 Å². The maximum absolute atomic E-state index is 12.9. The van der Waals surface area contributed by atoms with Gasteiger partial charge in [0.05, 0.1) is 41.1 Å². The smallest absolute Gasteiger partial charge is 0.407 e. The van der Waals surface area contributed by atoms with Crippen molar-refractivity contribution in [1.82, 2.24) is 20.5 Å². The summed E-state index contributed by atoms with van der Waals surface area (Å²) in [6.45, 7) is 2.16. The third kappa shape index (κ3) is 5.76. The molecule has 0 spiro atoms. The third-order valence-corrected chi connectivity index (χ3v) is 7.82. The normalized spacial score (nSPS) is 22.7. The number of hydrogen-bond acceptors (Lipinski definition) is 10. The number of rotatable bonds is 9. The van der Waals surface area contributed by atoms with Crippen LogP contribution in [0.3, 0.4) is 0 Å². The Labute approximate surface area is 227 Å². The molecule has 1 aromatic carbocycles. The summed E-state index contributed by atoms with van der Waals surface area (Å²) in [6, 6.07) is 5.76. The van der Waals surface area contributed by atoms with Gasteiger partial charge in [-0.05, 0) is 42.8 Å². The number of quaternary nitrogens is 1. The van der Waals surface area contributed by atoms with E-state index < -0.39 is 34.1 Å². The molecule has 4 rings (SSSR count). The minimum Gasteiger partial charge on any atom is -0.548 e. The van der Waals surface area contributed by atoms with Gasteiger partial charge in [0.1, 0.15) is 12.0 Å². The molecule has 2 fully saturated rings. The summed E-state index contributed by atoms with van der Waals surface area (Å²) in [6.07, 6.45) is 2.11. The highest BCUT2D eigenvalue weighted by atomic mass is 32.2. The maximum Gasteiger partial charge on any atom is 0.407 e. The molecule has 2 saturated heterocycles. The lowest BCUT2D eigenvalue weighted by Crippen LogP contribution is -2.62. The molecule has 0 radical (unpaired) electrons. The predicted molar refractivity (Wildman–Crippen MR) is 136 cm³/mol. The summed E-state index contributed by atoms with van der Waals surface area (Å²) in [4.78, 5) is 54.9. The van der Waals surface area contributed by atoms with Gasteiger partial charge in [-0.2, -0.15) is 0 Å². The minimum absolute atomic E-state index is 0.0139. The van der Waals surface area contributed by atoms with Crippen LogP contribution >= 0.6 is 11.8 Å². The Balaban J connectivity index is 1.43. The van der Waals surface area contributed by atoms with E-state index in [1.54, 1.807) is 6.92 Å². The number of thioether (sulfide) groups is 1. The number of aromatic nitrogens is 1. The molecule has 13 nitrogen and oxygen atoms in total. The number of carbonyl (C=O) groups excluding carboxylic acids is 4. The third-order valence-electron chi connectivity index (χ3n) is 6.24. The molecule has 2 aliphatic heterocycles. The van der Waals surface area contributed by atoms with E-state index in [-0.39, 0.29) is 30.6 Å². The Morgan fingerprint density at radius 1 is 1.23 bits per heavy atom. The quantitative estimate of drug-likeness (QED) is 0.138. The van der Waals surface area contributed by atoms with Crippen LogP contribution in [0.1, 0.15) is 28.5 Å². The van der Waals surface area contributed by atoms with Gasteiger partial charge in [0.15, 0.2) is 11.5 Å². The summed E-state index contributed by atoms with van der Waals surface area (Å²) < 4.78 is 4.06. The fraction of sp³-hybridized carbons (Fsp3) is 0.320. The molecule has 3 heterocycles. The number of phenolic OH excluding ortho intramolecular Hbond substituents is 2. The standard InChI is InChI=1S/C25H27N5O8S/c1-25(12-38-24(37)29-11-13-2-3-17(31)18(32)8-13)19(23(35)36)30-21(34)16(22(30)39-25)10-15-9-14(4-6-27-15)20(33)28-7-5-26/h2-4,6,8-10,19,22,31-32H,5,7,11-12,26H2,1H3,(H,28,33)(H,29,37)(H,35,36)/b16-10-/t19-,22?,25-/m0/s1. The van der Waals surface area contributed by atoms with Crippen LogP contribution in [-0.2, 0) is 20.9 Å². The fourth-order valence-electron chi connectivity index (χ4n) is 4.29. The Hall–Kier alpha value is -4.30. The zero-order valence-electron chi connectivity index (χ0n) is 20.9. The molecule has 3 amide bonds. The lowest BCUT2D eigenvalue weighted by Gasteiger charge is -2.41. The zero-order chi connectivity index (χ0) is 28.3. The highest BCUT2D eigenvalue weighted by Crippen LogP contribution is 2.53. The molecule has 7 N–H and O–H groups in total. The van der Waals surface area contributed by atoms with Crippen molar-refractivity contribution in [2.75, 3.05) is 19.7 Å². The first-order valence-corrected chi connectivity index (χ1v) is 12.8. The molecule has 2 aromatic rings. The summed E-state index contributed by atoms with van der Waals surface area (Å²) in [7, 11) is 0. The van der Waals surface area contributed by atoms with Crippen molar-refractivity contribution in [2.45, 2.75) is 29.6 Å². The number of ether oxygens (including phenoxy) is 1. The molecule has 0 bridgehead atoms. The van der Waals surface area contributed by atoms with E-state index in [1.807, 2.05) is 0 Å². The number of fused-ring (bicyclic) bond motifs is 1. The van der Waals surface area contributed by atoms with Crippen LogP contribution < -0.4 is 21.5 Å². The first-order chi connectivity index (χ1) is 18.5. The number of carbonyl (C=O) groups is 4. The molecular formula is C25H27N5O8S. The Morgan fingerprint density at radius 2 is 2.00 bits per heavy atom. The lowest BCUT2D eigenvalue weighted by molar-refractivity contribution is -0.364. The number of benzene rings is 1. The van der Waals surface area contributed by atoms with E-state index in [0.29, 0.717) is 35.5 Å². The highest BCUT2D eigenvalue weighted by Gasteiger charge is 2.61. The van der Waals surface area contributed by atoms with E-state index in [9.17, 15) is 34.5 Å². The van der Waals surface area contributed by atoms with Crippen LogP contribution in [0.15, 0.2) is 42.1 Å². The number of hydrogen-bond donors (Lipinski definition) is 5. The second-order valence-electron chi connectivity index (χ2n) is 9.15. The SMILES string of the molecule is C[C@@]1(COC(=O)NCc2ccc(O)c(O)c2)SC2/C(=C\c3cc(C(=O)NCC[NH3+])ccn3)C(=O)N2[C@H]1C(=O)[O-]. The van der Waals surface area contributed by atoms with Crippen LogP contribution in [-0.4, -0.2) is 79.8 Å². The number of pyridine rings is 1. The Kier molecular flexibility index (Phi) is 7.97. The van der Waals surface area contributed by atoms with Gasteiger partial charge in [-0.15, -0.1) is 11.8 Å². The predicted octanol–water partition coefficient (Wildman–Crippen LogP) is -1.43. The average Bonchev–Trinajstić information content (AvgIpc) is 3.20. The number of β-lactam (4-membered cyclic amide) rings is 1. The molecule has 0 saturated carbocycles. The van der Waals surface area contributed by atoms with Crippen LogP contribution in [0.4, 0.5) is 4.79 Å². The van der Waals surface area contributed by atoms with Gasteiger partial charge in [0.2, 0.25) is 0 Å². The molecule has 0 aliphatic carbocycles. The number of aliphatic carboxylic acids is 1. The van der Waals surface area contributed by atoms with Crippen LogP contribution in [0.5, 0.6) is 11.5 Å². The topological polar surface area (TPSA) is 209 Å². The number of nitrogens with zero attached hydrogens (tertiary/aromatic N) is 2. The van der Waals surface area contributed by atoms with Crippen LogP contribution in [0, 0.1) is 0 Å². The van der Waals surface area contributed by atoms with Gasteiger partial charge in [-0.1, -0.05) is 6.07 Å². The lowest BCUT2D eigenvalue weighted by atomic mass is 9.94. The van der Waals surface area contributed by atoms with Gasteiger partial charge in [0, 0.05) is 18.3 Å². The summed E-state index contributed by atoms with van der Waals surface area (Å²) in [5.74, 6) is -2.94. The number of aromatic hydroxyl groups is 2. The number of phenols is 2. The molecular weight excluding hydrogens is 530 g/mol. The van der Waals surface area contributed by atoms with Gasteiger partial charge >= 0.3 is 6.09 Å². The van der Waals surface area contributed by atoms with Crippen molar-refractivity contribution in [1.29, 1.82) is 0 Å². The minimum atomic E-state index is -1.48. The van der Waals surface area contributed by atoms with Crippen LogP contribution in [0.2, 0.25) is 0 Å². The first-order valence-electron chi connectivity index (χ1n) is 11.9. The largest absolute Gasteiger partial charge is 0.548 e. The second kappa shape index (κ2) is 11.2. The Morgan fingerprint density at radius 3 is 2.69 bits per heavy atom. The van der Waals surface area contributed by atoms with E-state index in [1.165, 1.54) is 47.5 Å². The number of nitrogens with one attached hydrogen (secondary N) is 2. The number of alkyl carbamates (subject to hydrolysis) is 1. The second-order valence-corrected chi connectivity index (χ2v) is 10.8. The molecule has 1 aromatic heterocycles. The van der Waals surface area contributed by atoms with Crippen molar-refractivity contribution in [3.63, 3.8) is 0 Å². The van der Waals surface area contributed by atoms with E-state index in [4.69, 9.17) is 4.74 Å². The van der Waals surface area contributed by atoms with E-state index >= 15 is 0 Å². The number of amides is 3. The highest BCUT2D eigenvalue weighted by molar-refractivity contribution is 8.02. The monoisotopic (exact) mass is 557 g/mol. The van der Waals surface area contributed by atoms with Gasteiger partial charge in [-0.3, -0.25) is 14.6 Å². The zero-order valence-corrected chi connectivity index (χ0v) is 21.7. The van der Waals surface area contributed by atoms with Crippen LogP contribution in [0.25, 0.3) is 6.08 Å². The molecule has 39 heavy (non-hydrogen) atoms. The van der Waals surface area contributed by atoms with Crippen molar-refractivity contribution in [3.8, 4) is 11.5 Å². The fourth-order valence-corrected chi connectivity index (χ4v) is 5.89. The first kappa shape index (κ1) is 27.7. The Bertz CT molecular complexity index is 1350. The molecule has 206 valence electrons. The van der Waals surface area contributed by atoms with Crippen molar-refractivity contribution < 1.29 is 45.0 Å². The summed E-state index contributed by atoms with van der Waals surface area (Å²) >= 11 is 1.15. The molecule has 3 atom stereocenters. The molecule has 14 heteroatoms. The molecule has 2 aliphatic rings. The summed E-state index contributed by atoms with van der Waals surface area (Å²) in [5, 5.41) is 35.5. The van der Waals surface area contributed by atoms with Crippen molar-refractivity contribution in [3.05, 3.63) is 58.9 Å². The maximum atomic E-state index is 12.9.